The first-order chi connectivity index (χ1) is 4.47. The molecule has 0 aliphatic rings. The molecule has 0 aliphatic heterocycles. The molecular weight excluding hydrogens is 116 g/mol. The van der Waals surface area contributed by atoms with E-state index < -0.39 is 0 Å². The maximum Gasteiger partial charge on any atom is 0.150 e. The lowest BCUT2D eigenvalue weighted by Crippen LogP contribution is -1.68. The third kappa shape index (κ3) is 0.579. The van der Waals surface area contributed by atoms with Crippen LogP contribution in [0.4, 0.5) is 0 Å². The summed E-state index contributed by atoms with van der Waals surface area (Å²) < 4.78 is 4.65. The molecule has 44 valence electrons. The Morgan fingerprint density at radius 3 is 3.22 bits per heavy atom. The first kappa shape index (κ1) is 4.49. The van der Waals surface area contributed by atoms with Crippen LogP contribution in [0.5, 0.6) is 0 Å². The second-order valence-corrected chi connectivity index (χ2v) is 1.72. The van der Waals surface area contributed by atoms with Crippen LogP contribution in [0.1, 0.15) is 0 Å². The fourth-order valence-corrected chi connectivity index (χ4v) is 0.710. The van der Waals surface area contributed by atoms with E-state index in [0.29, 0.717) is 0 Å². The zero-order chi connectivity index (χ0) is 6.10. The number of aromatic nitrogens is 2. The van der Waals surface area contributed by atoms with E-state index in [0.717, 1.165) is 11.0 Å². The normalized spacial score (nSPS) is 10.2. The molecule has 0 N–H and O–H groups in total. The highest BCUT2D eigenvalue weighted by atomic mass is 16.5. The lowest BCUT2D eigenvalue weighted by molar-refractivity contribution is 0.428. The summed E-state index contributed by atoms with van der Waals surface area (Å²) in [6.07, 6.45) is 3.23. The Hall–Kier alpha value is -1.38. The number of pyridine rings is 1. The fraction of sp³-hybridized carbons (Fsp3) is 0. The van der Waals surface area contributed by atoms with E-state index >= 15 is 0 Å². The van der Waals surface area contributed by atoms with E-state index in [1.165, 1.54) is 6.26 Å². The van der Waals surface area contributed by atoms with Gasteiger partial charge < -0.3 is 4.52 Å². The van der Waals surface area contributed by atoms with Crippen LogP contribution in [-0.4, -0.2) is 10.1 Å². The molecule has 0 aromatic carbocycles. The van der Waals surface area contributed by atoms with Crippen molar-refractivity contribution in [3.05, 3.63) is 24.6 Å². The van der Waals surface area contributed by atoms with Gasteiger partial charge in [0.15, 0.2) is 0 Å². The van der Waals surface area contributed by atoms with Crippen molar-refractivity contribution in [1.82, 2.24) is 10.1 Å². The Bertz CT molecular complexity index is 285. The van der Waals surface area contributed by atoms with Gasteiger partial charge in [-0.25, -0.2) is 0 Å². The maximum absolute atomic E-state index is 4.65. The Kier molecular flexibility index (Phi) is 0.773. The summed E-state index contributed by atoms with van der Waals surface area (Å²) in [5, 5.41) is 3.68. The highest BCUT2D eigenvalue weighted by Gasteiger charge is 1.93. The lowest BCUT2D eigenvalue weighted by atomic mass is 10.4. The minimum atomic E-state index is 0.803. The molecular formula is C6H4N2O. The molecule has 2 heterocycles. The smallest absolute Gasteiger partial charge is 0.150 e. The van der Waals surface area contributed by atoms with Gasteiger partial charge >= 0.3 is 0 Å². The van der Waals surface area contributed by atoms with Gasteiger partial charge in [-0.05, 0) is 12.1 Å². The van der Waals surface area contributed by atoms with Gasteiger partial charge in [-0.15, -0.1) is 0 Å². The lowest BCUT2D eigenvalue weighted by Gasteiger charge is -1.77. The van der Waals surface area contributed by atoms with Crippen molar-refractivity contribution < 1.29 is 4.52 Å². The van der Waals surface area contributed by atoms with Crippen LogP contribution >= 0.6 is 0 Å². The van der Waals surface area contributed by atoms with Crippen molar-refractivity contribution in [3.63, 3.8) is 0 Å². The van der Waals surface area contributed by atoms with Crippen molar-refractivity contribution in [2.24, 2.45) is 0 Å². The Morgan fingerprint density at radius 2 is 2.33 bits per heavy atom. The summed E-state index contributed by atoms with van der Waals surface area (Å²) in [6.45, 7) is 0. The second kappa shape index (κ2) is 1.55. The molecule has 0 fully saturated rings. The molecule has 0 bridgehead atoms. The predicted octanol–water partition coefficient (Wildman–Crippen LogP) is 1.22. The summed E-state index contributed by atoms with van der Waals surface area (Å²) >= 11 is 0. The molecule has 0 aliphatic carbocycles. The highest BCUT2D eigenvalue weighted by molar-refractivity contribution is 5.71. The van der Waals surface area contributed by atoms with E-state index in [1.54, 1.807) is 6.20 Å². The van der Waals surface area contributed by atoms with Gasteiger partial charge in [0.25, 0.3) is 0 Å². The van der Waals surface area contributed by atoms with Crippen molar-refractivity contribution in [3.8, 4) is 0 Å². The molecule has 9 heavy (non-hydrogen) atoms. The molecule has 3 nitrogen and oxygen atoms in total. The minimum absolute atomic E-state index is 0.803. The van der Waals surface area contributed by atoms with Crippen LogP contribution in [0.25, 0.3) is 11.0 Å². The number of hydrogen-bond donors (Lipinski definition) is 0. The number of fused-ring (bicyclic) bond motifs is 1. The van der Waals surface area contributed by atoms with Crippen LogP contribution in [0.3, 0.4) is 0 Å². The van der Waals surface area contributed by atoms with Crippen molar-refractivity contribution in [2.45, 2.75) is 0 Å². The Balaban J connectivity index is 2.95. The first-order valence-electron chi connectivity index (χ1n) is 2.62. The molecule has 2 aromatic rings. The molecule has 0 spiro atoms. The molecule has 0 saturated carbocycles. The summed E-state index contributed by atoms with van der Waals surface area (Å²) in [7, 11) is 0. The van der Waals surface area contributed by atoms with Gasteiger partial charge in [0.05, 0.1) is 0 Å². The van der Waals surface area contributed by atoms with E-state index in [1.807, 2.05) is 12.1 Å². The number of nitrogens with zero attached hydrogens (tertiary/aromatic N) is 2. The summed E-state index contributed by atoms with van der Waals surface area (Å²) in [5.41, 5.74) is 1.61. The van der Waals surface area contributed by atoms with Crippen LogP contribution < -0.4 is 0 Å². The zero-order valence-corrected chi connectivity index (χ0v) is 4.61. The topological polar surface area (TPSA) is 38.9 Å². The average Bonchev–Trinajstić information content (AvgIpc) is 2.33. The standard InChI is InChI=1S/C6H4N2O/c1-2-5-6(7-3-1)4-9-8-5/h1-4H. The maximum atomic E-state index is 4.65. The van der Waals surface area contributed by atoms with Gasteiger partial charge in [0, 0.05) is 6.20 Å². The molecule has 3 heteroatoms. The van der Waals surface area contributed by atoms with E-state index in [-0.39, 0.29) is 0 Å². The van der Waals surface area contributed by atoms with Gasteiger partial charge in [0.2, 0.25) is 0 Å². The molecule has 2 aromatic heterocycles. The number of hydrogen-bond acceptors (Lipinski definition) is 3. The van der Waals surface area contributed by atoms with Gasteiger partial charge in [-0.1, -0.05) is 5.16 Å². The monoisotopic (exact) mass is 120 g/mol. The van der Waals surface area contributed by atoms with Crippen molar-refractivity contribution in [1.29, 1.82) is 0 Å². The van der Waals surface area contributed by atoms with Crippen molar-refractivity contribution in [2.75, 3.05) is 0 Å². The molecule has 0 unspecified atom stereocenters. The van der Waals surface area contributed by atoms with Crippen molar-refractivity contribution >= 4 is 11.0 Å². The average molecular weight is 120 g/mol. The summed E-state index contributed by atoms with van der Waals surface area (Å²) in [5.74, 6) is 0. The van der Waals surface area contributed by atoms with Crippen LogP contribution in [0.15, 0.2) is 29.1 Å². The van der Waals surface area contributed by atoms with Gasteiger partial charge in [0.1, 0.15) is 17.3 Å². The SMILES string of the molecule is c1cnc2conc2c1. The molecule has 2 rings (SSSR count). The van der Waals surface area contributed by atoms with Crippen LogP contribution in [0, 0.1) is 0 Å². The zero-order valence-electron chi connectivity index (χ0n) is 4.61. The summed E-state index contributed by atoms with van der Waals surface area (Å²) in [6, 6.07) is 3.68. The van der Waals surface area contributed by atoms with Gasteiger partial charge in [-0.2, -0.15) is 0 Å². The summed E-state index contributed by atoms with van der Waals surface area (Å²) in [4.78, 5) is 3.98. The quantitative estimate of drug-likeness (QED) is 0.524. The molecule has 0 saturated heterocycles. The fourth-order valence-electron chi connectivity index (χ4n) is 0.710. The minimum Gasteiger partial charge on any atom is -0.362 e. The van der Waals surface area contributed by atoms with Crippen LogP contribution in [0.2, 0.25) is 0 Å². The third-order valence-electron chi connectivity index (χ3n) is 1.13. The number of rotatable bonds is 0. The van der Waals surface area contributed by atoms with Gasteiger partial charge in [-0.3, -0.25) is 4.98 Å². The van der Waals surface area contributed by atoms with Crippen LogP contribution in [-0.2, 0) is 0 Å². The first-order valence-corrected chi connectivity index (χ1v) is 2.62. The van der Waals surface area contributed by atoms with E-state index in [4.69, 9.17) is 0 Å². The van der Waals surface area contributed by atoms with E-state index in [9.17, 15) is 0 Å². The van der Waals surface area contributed by atoms with E-state index in [2.05, 4.69) is 14.7 Å². The molecule has 0 radical (unpaired) electrons. The highest BCUT2D eigenvalue weighted by Crippen LogP contribution is 2.05. The second-order valence-electron chi connectivity index (χ2n) is 1.72. The Morgan fingerprint density at radius 1 is 1.33 bits per heavy atom. The third-order valence-corrected chi connectivity index (χ3v) is 1.13. The molecule has 0 amide bonds. The Labute approximate surface area is 51.3 Å². The predicted molar refractivity (Wildman–Crippen MR) is 31.8 cm³/mol. The largest absolute Gasteiger partial charge is 0.362 e. The molecule has 0 atom stereocenters.